The van der Waals surface area contributed by atoms with Crippen LogP contribution in [0, 0.1) is 11.8 Å². The van der Waals surface area contributed by atoms with Crippen LogP contribution in [0.2, 0.25) is 0 Å². The van der Waals surface area contributed by atoms with Crippen LogP contribution < -0.4 is 4.74 Å². The Labute approximate surface area is 133 Å². The van der Waals surface area contributed by atoms with E-state index < -0.39 is 6.29 Å². The molecule has 0 radical (unpaired) electrons. The molecule has 0 aliphatic carbocycles. The van der Waals surface area contributed by atoms with Gasteiger partial charge in [-0.25, -0.2) is 0 Å². The lowest BCUT2D eigenvalue weighted by Gasteiger charge is -2.15. The molecular formula is C19H24O3. The number of hydrogen-bond acceptors (Lipinski definition) is 3. The Bertz CT molecular complexity index is 532. The molecule has 118 valence electrons. The summed E-state index contributed by atoms with van der Waals surface area (Å²) in [7, 11) is 1.49. The van der Waals surface area contributed by atoms with Crippen molar-refractivity contribution in [1.82, 2.24) is 0 Å². The molecule has 0 spiro atoms. The summed E-state index contributed by atoms with van der Waals surface area (Å²) in [6.07, 6.45) is 7.47. The lowest BCUT2D eigenvalue weighted by atomic mass is 9.96. The van der Waals surface area contributed by atoms with Crippen molar-refractivity contribution in [2.75, 3.05) is 13.7 Å². The van der Waals surface area contributed by atoms with E-state index in [1.807, 2.05) is 55.5 Å². The zero-order chi connectivity index (χ0) is 16.2. The number of methoxy groups -OCH3 is 1. The van der Waals surface area contributed by atoms with E-state index >= 15 is 0 Å². The van der Waals surface area contributed by atoms with Crippen LogP contribution in [0.1, 0.15) is 31.7 Å². The Balaban J connectivity index is 2.65. The van der Waals surface area contributed by atoms with Crippen LogP contribution in [0.15, 0.2) is 48.6 Å². The molecule has 1 aromatic rings. The highest BCUT2D eigenvalue weighted by molar-refractivity contribution is 5.33. The molecule has 1 rings (SSSR count). The van der Waals surface area contributed by atoms with Crippen molar-refractivity contribution in [3.05, 3.63) is 54.1 Å². The average Bonchev–Trinajstić information content (AvgIpc) is 2.54. The molecular weight excluding hydrogens is 276 g/mol. The molecule has 0 bridgehead atoms. The molecule has 1 N–H and O–H groups in total. The van der Waals surface area contributed by atoms with Gasteiger partial charge in [0.05, 0.1) is 0 Å². The summed E-state index contributed by atoms with van der Waals surface area (Å²) >= 11 is 0. The number of ether oxygens (including phenoxy) is 2. The van der Waals surface area contributed by atoms with Crippen LogP contribution in [-0.2, 0) is 4.74 Å². The molecule has 0 saturated carbocycles. The van der Waals surface area contributed by atoms with Crippen LogP contribution >= 0.6 is 0 Å². The summed E-state index contributed by atoms with van der Waals surface area (Å²) in [6, 6.07) is 7.79. The molecule has 3 nitrogen and oxygen atoms in total. The maximum atomic E-state index is 9.63. The second-order valence-electron chi connectivity index (χ2n) is 4.71. The van der Waals surface area contributed by atoms with Crippen LogP contribution in [0.25, 0.3) is 0 Å². The lowest BCUT2D eigenvalue weighted by molar-refractivity contribution is -0.0795. The van der Waals surface area contributed by atoms with Gasteiger partial charge in [-0.15, -0.1) is 5.92 Å². The van der Waals surface area contributed by atoms with Gasteiger partial charge < -0.3 is 14.6 Å². The van der Waals surface area contributed by atoms with Gasteiger partial charge in [-0.05, 0) is 37.6 Å². The SMILES string of the molecule is CC#C[C@@H](CC(O)OC)c1ccc(OC/C=C/C=C/C)cc1. The fraction of sp³-hybridized carbons (Fsp3) is 0.368. The number of benzene rings is 1. The van der Waals surface area contributed by atoms with Gasteiger partial charge in [0.1, 0.15) is 12.4 Å². The largest absolute Gasteiger partial charge is 0.490 e. The molecule has 0 fully saturated rings. The van der Waals surface area contributed by atoms with E-state index in [1.54, 1.807) is 6.92 Å². The molecule has 0 aliphatic heterocycles. The van der Waals surface area contributed by atoms with Gasteiger partial charge in [0.25, 0.3) is 0 Å². The first-order chi connectivity index (χ1) is 10.7. The number of aliphatic hydroxyl groups is 1. The predicted molar refractivity (Wildman–Crippen MR) is 89.7 cm³/mol. The second-order valence-corrected chi connectivity index (χ2v) is 4.71. The van der Waals surface area contributed by atoms with Crippen molar-refractivity contribution in [2.45, 2.75) is 32.5 Å². The molecule has 3 heteroatoms. The molecule has 0 heterocycles. The summed E-state index contributed by atoms with van der Waals surface area (Å²) in [6.45, 7) is 4.30. The third-order valence-electron chi connectivity index (χ3n) is 3.10. The van der Waals surface area contributed by atoms with Crippen LogP contribution in [0.5, 0.6) is 5.75 Å². The van der Waals surface area contributed by atoms with E-state index in [0.29, 0.717) is 13.0 Å². The normalized spacial score (nSPS) is 13.8. The maximum absolute atomic E-state index is 9.63. The van der Waals surface area contributed by atoms with Crippen LogP contribution in [0.3, 0.4) is 0 Å². The third kappa shape index (κ3) is 6.62. The van der Waals surface area contributed by atoms with Crippen molar-refractivity contribution >= 4 is 0 Å². The Morgan fingerprint density at radius 3 is 2.55 bits per heavy atom. The summed E-state index contributed by atoms with van der Waals surface area (Å²) in [5, 5.41) is 9.63. The van der Waals surface area contributed by atoms with Gasteiger partial charge in [0.15, 0.2) is 6.29 Å². The molecule has 0 aliphatic rings. The van der Waals surface area contributed by atoms with Gasteiger partial charge in [-0.1, -0.05) is 36.3 Å². The molecule has 22 heavy (non-hydrogen) atoms. The summed E-state index contributed by atoms with van der Waals surface area (Å²) < 4.78 is 10.5. The minimum Gasteiger partial charge on any atom is -0.490 e. The Kier molecular flexibility index (Phi) is 8.74. The molecule has 0 aromatic heterocycles. The Morgan fingerprint density at radius 2 is 1.95 bits per heavy atom. The minimum absolute atomic E-state index is 0.0522. The summed E-state index contributed by atoms with van der Waals surface area (Å²) in [5.41, 5.74) is 1.04. The van der Waals surface area contributed by atoms with Gasteiger partial charge in [-0.2, -0.15) is 0 Å². The van der Waals surface area contributed by atoms with Gasteiger partial charge in [-0.3, -0.25) is 0 Å². The van der Waals surface area contributed by atoms with E-state index in [9.17, 15) is 5.11 Å². The van der Waals surface area contributed by atoms with Crippen molar-refractivity contribution in [2.24, 2.45) is 0 Å². The fourth-order valence-electron chi connectivity index (χ4n) is 1.94. The van der Waals surface area contributed by atoms with Crippen molar-refractivity contribution in [3.8, 4) is 17.6 Å². The first kappa shape index (κ1) is 18.0. The molecule has 0 amide bonds. The van der Waals surface area contributed by atoms with Crippen LogP contribution in [-0.4, -0.2) is 25.1 Å². The summed E-state index contributed by atoms with van der Waals surface area (Å²) in [5.74, 6) is 6.76. The number of aliphatic hydroxyl groups excluding tert-OH is 1. The smallest absolute Gasteiger partial charge is 0.155 e. The zero-order valence-corrected chi connectivity index (χ0v) is 13.5. The Morgan fingerprint density at radius 1 is 1.23 bits per heavy atom. The lowest BCUT2D eigenvalue weighted by Crippen LogP contribution is -2.13. The number of rotatable bonds is 8. The highest BCUT2D eigenvalue weighted by atomic mass is 16.6. The van der Waals surface area contributed by atoms with Gasteiger partial charge in [0, 0.05) is 19.4 Å². The standard InChI is InChI=1S/C19H24O3/c1-4-6-7-8-14-22-18-12-10-16(11-13-18)17(9-5-2)15-19(20)21-3/h4,6-8,10-13,17,19-20H,14-15H2,1-3H3/b6-4+,8-7+/t17-,19?/m0/s1. The van der Waals surface area contributed by atoms with E-state index in [-0.39, 0.29) is 5.92 Å². The maximum Gasteiger partial charge on any atom is 0.155 e. The van der Waals surface area contributed by atoms with Crippen LogP contribution in [0.4, 0.5) is 0 Å². The topological polar surface area (TPSA) is 38.7 Å². The second kappa shape index (κ2) is 10.7. The van der Waals surface area contributed by atoms with E-state index in [0.717, 1.165) is 11.3 Å². The summed E-state index contributed by atoms with van der Waals surface area (Å²) in [4.78, 5) is 0. The molecule has 1 unspecified atom stereocenters. The number of hydrogen-bond donors (Lipinski definition) is 1. The van der Waals surface area contributed by atoms with Gasteiger partial charge >= 0.3 is 0 Å². The molecule has 0 saturated heterocycles. The quantitative estimate of drug-likeness (QED) is 0.452. The number of allylic oxidation sites excluding steroid dienone is 3. The zero-order valence-electron chi connectivity index (χ0n) is 13.5. The fourth-order valence-corrected chi connectivity index (χ4v) is 1.94. The highest BCUT2D eigenvalue weighted by Gasteiger charge is 2.14. The van der Waals surface area contributed by atoms with Gasteiger partial charge in [0.2, 0.25) is 0 Å². The monoisotopic (exact) mass is 300 g/mol. The third-order valence-corrected chi connectivity index (χ3v) is 3.10. The van der Waals surface area contributed by atoms with Crippen molar-refractivity contribution in [1.29, 1.82) is 0 Å². The predicted octanol–water partition coefficient (Wildman–Crippen LogP) is 3.66. The van der Waals surface area contributed by atoms with E-state index in [1.165, 1.54) is 7.11 Å². The molecule has 1 aromatic carbocycles. The van der Waals surface area contributed by atoms with Crippen molar-refractivity contribution < 1.29 is 14.6 Å². The van der Waals surface area contributed by atoms with E-state index in [2.05, 4.69) is 11.8 Å². The average molecular weight is 300 g/mol. The van der Waals surface area contributed by atoms with Crippen molar-refractivity contribution in [3.63, 3.8) is 0 Å². The highest BCUT2D eigenvalue weighted by Crippen LogP contribution is 2.23. The van der Waals surface area contributed by atoms with E-state index in [4.69, 9.17) is 9.47 Å². The Hall–Kier alpha value is -2.02. The first-order valence-electron chi connectivity index (χ1n) is 7.35. The molecule has 2 atom stereocenters. The first-order valence-corrected chi connectivity index (χ1v) is 7.35. The minimum atomic E-state index is -0.807.